The van der Waals surface area contributed by atoms with E-state index in [1.807, 2.05) is 0 Å². The summed E-state index contributed by atoms with van der Waals surface area (Å²) in [7, 11) is -35.1. The molecule has 4 aromatic rings. The molecular weight excluding hydrogens is 959 g/mol. The van der Waals surface area contributed by atoms with Gasteiger partial charge in [-0.25, -0.2) is 25.2 Å². The number of rotatable bonds is 17. The van der Waals surface area contributed by atoms with E-state index in [1.165, 1.54) is 0 Å². The maximum absolute atomic E-state index is 12.6. The Morgan fingerprint density at radius 1 is 0.517 bits per heavy atom. The van der Waals surface area contributed by atoms with Crippen LogP contribution in [0, 0.1) is 0 Å². The SMILES string of the molecule is Nc1c(/N=N/c2ccc(S(=O)(=O)CCOS(=O)(=O)O)cc2)c(S(=O)(=O)O)cc2cc(S(=O)(=O)O)c(/N=N/c3ccc(S(=O)(=O)CCOS(=O)(=O)O)cc3S(=O)(=O)O)c(O)c12. The molecule has 27 nitrogen and oxygen atoms in total. The fourth-order valence-electron chi connectivity index (χ4n) is 4.75. The molecular formula is C26H25N5O22S7. The topological polar surface area (TPSA) is 454 Å². The van der Waals surface area contributed by atoms with Gasteiger partial charge in [-0.2, -0.15) is 47.2 Å². The number of benzene rings is 4. The Bertz CT molecular complexity index is 3260. The van der Waals surface area contributed by atoms with Crippen molar-refractivity contribution in [3.8, 4) is 5.75 Å². The lowest BCUT2D eigenvalue weighted by molar-refractivity contribution is 0.282. The lowest BCUT2D eigenvalue weighted by Gasteiger charge is -2.14. The first kappa shape index (κ1) is 48.0. The van der Waals surface area contributed by atoms with Gasteiger partial charge in [-0.05, 0) is 60.0 Å². The number of hydrogen-bond donors (Lipinski definition) is 7. The Morgan fingerprint density at radius 2 is 0.950 bits per heavy atom. The Kier molecular flexibility index (Phi) is 13.6. The summed E-state index contributed by atoms with van der Waals surface area (Å²) in [6.07, 6.45) is 0. The Morgan fingerprint density at radius 3 is 1.42 bits per heavy atom. The van der Waals surface area contributed by atoms with Crippen molar-refractivity contribution in [2.24, 2.45) is 20.5 Å². The third-order valence-corrected chi connectivity index (χ3v) is 14.2. The zero-order valence-electron chi connectivity index (χ0n) is 29.0. The van der Waals surface area contributed by atoms with Crippen LogP contribution in [0.25, 0.3) is 10.8 Å². The number of phenols is 1. The molecule has 60 heavy (non-hydrogen) atoms. The molecule has 0 spiro atoms. The van der Waals surface area contributed by atoms with E-state index in [2.05, 4.69) is 28.8 Å². The molecule has 0 amide bonds. The molecule has 0 bridgehead atoms. The molecule has 0 atom stereocenters. The van der Waals surface area contributed by atoms with E-state index in [9.17, 15) is 77.7 Å². The van der Waals surface area contributed by atoms with Crippen LogP contribution in [-0.2, 0) is 79.2 Å². The standard InChI is InChI=1S/C26H25N5O22S7/c27-23-22-14(11-20(57(40,41)42)24(23)30-28-15-1-3-16(4-2-15)54(33,34)9-7-52-59(46,47)48)12-21(58(43,44)45)25(26(22)32)31-29-18-6-5-17(13-19(18)56(37,38)39)55(35,36)10-8-53-60(49,50)51/h1-6,11-13,32H,7-10,27H2,(H,37,38,39)(H,40,41,42)(H,43,44,45)(H,46,47,48)(H,49,50,51)/b30-28+,31-29+. The fourth-order valence-corrected chi connectivity index (χ4v) is 9.80. The highest BCUT2D eigenvalue weighted by molar-refractivity contribution is 7.92. The summed E-state index contributed by atoms with van der Waals surface area (Å²) < 4.78 is 222. The number of nitrogen functional groups attached to an aromatic ring is 1. The molecule has 328 valence electrons. The first-order valence-corrected chi connectivity index (χ1v) is 25.4. The first-order chi connectivity index (χ1) is 27.2. The molecule has 4 rings (SSSR count). The molecule has 0 saturated carbocycles. The van der Waals surface area contributed by atoms with E-state index in [0.717, 1.165) is 24.3 Å². The molecule has 0 aromatic heterocycles. The summed E-state index contributed by atoms with van der Waals surface area (Å²) in [6, 6.07) is 6.50. The van der Waals surface area contributed by atoms with Gasteiger partial charge in [0.2, 0.25) is 0 Å². The molecule has 0 aliphatic rings. The minimum Gasteiger partial charge on any atom is -0.505 e. The van der Waals surface area contributed by atoms with Crippen molar-refractivity contribution in [1.29, 1.82) is 0 Å². The second-order valence-electron chi connectivity index (χ2n) is 11.4. The number of hydrogen-bond acceptors (Lipinski definition) is 22. The van der Waals surface area contributed by atoms with E-state index in [0.29, 0.717) is 30.3 Å². The number of nitrogens with zero attached hydrogens (tertiary/aromatic N) is 4. The minimum absolute atomic E-state index is 0.218. The molecule has 0 aliphatic heterocycles. The maximum Gasteiger partial charge on any atom is 0.397 e. The summed E-state index contributed by atoms with van der Waals surface area (Å²) in [5.74, 6) is -3.39. The monoisotopic (exact) mass is 983 g/mol. The van der Waals surface area contributed by atoms with Crippen LogP contribution in [0.15, 0.2) is 99.5 Å². The average Bonchev–Trinajstić information content (AvgIpc) is 3.08. The van der Waals surface area contributed by atoms with E-state index >= 15 is 0 Å². The van der Waals surface area contributed by atoms with Crippen LogP contribution in [-0.4, -0.2) is 112 Å². The summed E-state index contributed by atoms with van der Waals surface area (Å²) in [5.41, 5.74) is 1.90. The van der Waals surface area contributed by atoms with E-state index in [-0.39, 0.29) is 5.69 Å². The highest BCUT2D eigenvalue weighted by Crippen LogP contribution is 2.48. The van der Waals surface area contributed by atoms with E-state index in [1.54, 1.807) is 0 Å². The number of nitrogens with two attached hydrogens (primary N) is 1. The molecule has 0 radical (unpaired) electrons. The number of fused-ring (bicyclic) bond motifs is 1. The summed E-state index contributed by atoms with van der Waals surface area (Å²) in [5, 5.41) is 24.2. The van der Waals surface area contributed by atoms with Gasteiger partial charge in [0, 0.05) is 0 Å². The quantitative estimate of drug-likeness (QED) is 0.0451. The third-order valence-electron chi connectivity index (χ3n) is 7.33. The molecule has 0 saturated heterocycles. The number of anilines is 1. The van der Waals surface area contributed by atoms with Gasteiger partial charge in [-0.3, -0.25) is 22.8 Å². The zero-order chi connectivity index (χ0) is 45.4. The smallest absolute Gasteiger partial charge is 0.397 e. The number of azo groups is 2. The van der Waals surface area contributed by atoms with E-state index < -0.39 is 159 Å². The molecule has 34 heteroatoms. The fraction of sp³-hybridized carbons (Fsp3) is 0.154. The van der Waals surface area contributed by atoms with Crippen molar-refractivity contribution in [2.45, 2.75) is 24.5 Å². The van der Waals surface area contributed by atoms with Gasteiger partial charge in [0.1, 0.15) is 31.7 Å². The second kappa shape index (κ2) is 17.0. The van der Waals surface area contributed by atoms with Crippen LogP contribution in [0.5, 0.6) is 5.75 Å². The van der Waals surface area contributed by atoms with Crippen molar-refractivity contribution >= 4 is 110 Å². The second-order valence-corrected chi connectivity index (χ2v) is 22.0. The van der Waals surface area contributed by atoms with Crippen LogP contribution in [0.1, 0.15) is 0 Å². The first-order valence-electron chi connectivity index (χ1n) is 15.0. The molecule has 0 aliphatic carbocycles. The summed E-state index contributed by atoms with van der Waals surface area (Å²) in [4.78, 5) is -5.11. The van der Waals surface area contributed by atoms with Crippen LogP contribution in [0.2, 0.25) is 0 Å². The largest absolute Gasteiger partial charge is 0.505 e. The van der Waals surface area contributed by atoms with Crippen molar-refractivity contribution < 1.29 is 95.2 Å². The van der Waals surface area contributed by atoms with Crippen molar-refractivity contribution in [1.82, 2.24) is 0 Å². The molecule has 8 N–H and O–H groups in total. The van der Waals surface area contributed by atoms with Crippen LogP contribution < -0.4 is 5.73 Å². The number of aromatic hydroxyl groups is 1. The zero-order valence-corrected chi connectivity index (χ0v) is 34.7. The summed E-state index contributed by atoms with van der Waals surface area (Å²) in [6.45, 7) is -2.08. The average molecular weight is 984 g/mol. The van der Waals surface area contributed by atoms with Crippen LogP contribution >= 0.6 is 0 Å². The Labute approximate surface area is 339 Å². The number of sulfone groups is 2. The highest BCUT2D eigenvalue weighted by atomic mass is 32.3. The Hall–Kier alpha value is -4.69. The predicted octanol–water partition coefficient (Wildman–Crippen LogP) is 1.88. The lowest BCUT2D eigenvalue weighted by Crippen LogP contribution is -2.16. The van der Waals surface area contributed by atoms with Crippen molar-refractivity contribution in [3.05, 3.63) is 54.6 Å². The lowest BCUT2D eigenvalue weighted by atomic mass is 10.1. The molecule has 0 fully saturated rings. The highest BCUT2D eigenvalue weighted by Gasteiger charge is 2.29. The minimum atomic E-state index is -5.49. The van der Waals surface area contributed by atoms with Gasteiger partial charge in [0.05, 0.1) is 51.3 Å². The molecule has 0 unspecified atom stereocenters. The van der Waals surface area contributed by atoms with Crippen molar-refractivity contribution in [2.75, 3.05) is 30.5 Å². The molecule has 4 aromatic carbocycles. The van der Waals surface area contributed by atoms with Gasteiger partial charge in [-0.15, -0.1) is 15.3 Å². The van der Waals surface area contributed by atoms with Gasteiger partial charge < -0.3 is 10.8 Å². The van der Waals surface area contributed by atoms with Gasteiger partial charge >= 0.3 is 20.8 Å². The van der Waals surface area contributed by atoms with Gasteiger partial charge in [0.15, 0.2) is 25.4 Å². The van der Waals surface area contributed by atoms with Gasteiger partial charge in [0.25, 0.3) is 30.4 Å². The van der Waals surface area contributed by atoms with Gasteiger partial charge in [-0.1, -0.05) is 0 Å². The molecule has 0 heterocycles. The van der Waals surface area contributed by atoms with Crippen LogP contribution in [0.3, 0.4) is 0 Å². The normalized spacial score (nSPS) is 13.8. The summed E-state index contributed by atoms with van der Waals surface area (Å²) >= 11 is 0. The van der Waals surface area contributed by atoms with E-state index in [4.69, 9.17) is 14.8 Å². The predicted molar refractivity (Wildman–Crippen MR) is 200 cm³/mol. The Balaban J connectivity index is 1.86. The third kappa shape index (κ3) is 12.0. The number of phenolic OH excluding ortho intramolecular Hbond substituents is 1. The maximum atomic E-state index is 12.6. The van der Waals surface area contributed by atoms with Crippen molar-refractivity contribution in [3.63, 3.8) is 0 Å². The van der Waals surface area contributed by atoms with Crippen LogP contribution in [0.4, 0.5) is 28.4 Å².